The SMILES string of the molecule is COC(=O)CCN(Cc1ccco1)C(=O)c1ccc(Cl)c(Cl)c1. The maximum absolute atomic E-state index is 12.7. The molecule has 2 rings (SSSR count). The van der Waals surface area contributed by atoms with Gasteiger partial charge in [-0.1, -0.05) is 23.2 Å². The monoisotopic (exact) mass is 355 g/mol. The molecule has 5 nitrogen and oxygen atoms in total. The average molecular weight is 356 g/mol. The Hall–Kier alpha value is -1.98. The molecule has 1 amide bonds. The molecule has 0 aliphatic heterocycles. The van der Waals surface area contributed by atoms with Crippen LogP contribution in [0.3, 0.4) is 0 Å². The molecule has 0 saturated carbocycles. The number of nitrogens with zero attached hydrogens (tertiary/aromatic N) is 1. The average Bonchev–Trinajstić information content (AvgIpc) is 3.06. The number of benzene rings is 1. The van der Waals surface area contributed by atoms with Gasteiger partial charge in [0, 0.05) is 12.1 Å². The highest BCUT2D eigenvalue weighted by Crippen LogP contribution is 2.23. The molecule has 0 radical (unpaired) electrons. The fourth-order valence-electron chi connectivity index (χ4n) is 1.98. The third-order valence-electron chi connectivity index (χ3n) is 3.19. The van der Waals surface area contributed by atoms with Crippen LogP contribution >= 0.6 is 23.2 Å². The van der Waals surface area contributed by atoms with Gasteiger partial charge in [-0.05, 0) is 30.3 Å². The first-order chi connectivity index (χ1) is 11.0. The van der Waals surface area contributed by atoms with Crippen molar-refractivity contribution >= 4 is 35.1 Å². The van der Waals surface area contributed by atoms with E-state index in [1.54, 1.807) is 24.3 Å². The first-order valence-electron chi connectivity index (χ1n) is 6.84. The van der Waals surface area contributed by atoms with Gasteiger partial charge >= 0.3 is 5.97 Å². The van der Waals surface area contributed by atoms with Crippen LogP contribution in [0, 0.1) is 0 Å². The normalized spacial score (nSPS) is 10.4. The van der Waals surface area contributed by atoms with E-state index in [0.717, 1.165) is 0 Å². The van der Waals surface area contributed by atoms with Gasteiger partial charge in [0.15, 0.2) is 0 Å². The Morgan fingerprint density at radius 2 is 2.00 bits per heavy atom. The Balaban J connectivity index is 2.18. The highest BCUT2D eigenvalue weighted by Gasteiger charge is 2.19. The van der Waals surface area contributed by atoms with E-state index in [-0.39, 0.29) is 25.4 Å². The number of methoxy groups -OCH3 is 1. The van der Waals surface area contributed by atoms with Crippen molar-refractivity contribution in [2.24, 2.45) is 0 Å². The summed E-state index contributed by atoms with van der Waals surface area (Å²) in [7, 11) is 1.31. The number of esters is 1. The highest BCUT2D eigenvalue weighted by molar-refractivity contribution is 6.42. The Bertz CT molecular complexity index is 685. The molecule has 23 heavy (non-hydrogen) atoms. The van der Waals surface area contributed by atoms with Crippen LogP contribution in [0.15, 0.2) is 41.0 Å². The topological polar surface area (TPSA) is 59.8 Å². The van der Waals surface area contributed by atoms with Crippen LogP contribution < -0.4 is 0 Å². The van der Waals surface area contributed by atoms with E-state index >= 15 is 0 Å². The fourth-order valence-corrected chi connectivity index (χ4v) is 2.28. The van der Waals surface area contributed by atoms with Gasteiger partial charge in [-0.3, -0.25) is 9.59 Å². The second-order valence-electron chi connectivity index (χ2n) is 4.76. The molecule has 0 aliphatic carbocycles. The summed E-state index contributed by atoms with van der Waals surface area (Å²) in [6, 6.07) is 8.14. The summed E-state index contributed by atoms with van der Waals surface area (Å²) >= 11 is 11.8. The summed E-state index contributed by atoms with van der Waals surface area (Å²) in [4.78, 5) is 25.5. The Morgan fingerprint density at radius 3 is 2.61 bits per heavy atom. The van der Waals surface area contributed by atoms with E-state index < -0.39 is 5.97 Å². The smallest absolute Gasteiger partial charge is 0.307 e. The van der Waals surface area contributed by atoms with Crippen molar-refractivity contribution in [1.82, 2.24) is 4.90 Å². The minimum Gasteiger partial charge on any atom is -0.469 e. The summed E-state index contributed by atoms with van der Waals surface area (Å²) in [5, 5.41) is 0.666. The summed E-state index contributed by atoms with van der Waals surface area (Å²) < 4.78 is 9.89. The molecule has 1 aromatic carbocycles. The number of carbonyl (C=O) groups excluding carboxylic acids is 2. The number of amides is 1. The zero-order valence-corrected chi connectivity index (χ0v) is 13.9. The van der Waals surface area contributed by atoms with Crippen molar-refractivity contribution in [2.75, 3.05) is 13.7 Å². The van der Waals surface area contributed by atoms with Gasteiger partial charge in [-0.15, -0.1) is 0 Å². The van der Waals surface area contributed by atoms with E-state index in [9.17, 15) is 9.59 Å². The van der Waals surface area contributed by atoms with Gasteiger partial charge < -0.3 is 14.1 Å². The Kier molecular flexibility index (Phi) is 6.07. The number of furan rings is 1. The minimum atomic E-state index is -0.392. The van der Waals surface area contributed by atoms with Crippen molar-refractivity contribution in [1.29, 1.82) is 0 Å². The predicted molar refractivity (Wildman–Crippen MR) is 86.5 cm³/mol. The van der Waals surface area contributed by atoms with E-state index in [2.05, 4.69) is 4.74 Å². The van der Waals surface area contributed by atoms with E-state index in [0.29, 0.717) is 21.4 Å². The molecule has 0 N–H and O–H groups in total. The first kappa shape index (κ1) is 17.4. The highest BCUT2D eigenvalue weighted by atomic mass is 35.5. The lowest BCUT2D eigenvalue weighted by Crippen LogP contribution is -2.32. The van der Waals surface area contributed by atoms with Crippen LogP contribution in [0.25, 0.3) is 0 Å². The maximum Gasteiger partial charge on any atom is 0.307 e. The number of halogens is 2. The molecule has 0 aliphatic rings. The third kappa shape index (κ3) is 4.74. The summed E-state index contributed by atoms with van der Waals surface area (Å²) in [6.07, 6.45) is 1.61. The molecule has 7 heteroatoms. The largest absolute Gasteiger partial charge is 0.469 e. The lowest BCUT2D eigenvalue weighted by atomic mass is 10.2. The molecule has 1 heterocycles. The van der Waals surface area contributed by atoms with Crippen LogP contribution in [-0.4, -0.2) is 30.4 Å². The van der Waals surface area contributed by atoms with Crippen LogP contribution in [0.5, 0.6) is 0 Å². The second-order valence-corrected chi connectivity index (χ2v) is 5.58. The first-order valence-corrected chi connectivity index (χ1v) is 7.60. The predicted octanol–water partition coefficient (Wildman–Crippen LogP) is 3.79. The van der Waals surface area contributed by atoms with Gasteiger partial charge in [-0.25, -0.2) is 0 Å². The standard InChI is InChI=1S/C16H15Cl2NO4/c1-22-15(20)6-7-19(10-12-3-2-8-23-12)16(21)11-4-5-13(17)14(18)9-11/h2-5,8-9H,6-7,10H2,1H3. The van der Waals surface area contributed by atoms with Gasteiger partial charge in [0.1, 0.15) is 5.76 Å². The maximum atomic E-state index is 12.7. The van der Waals surface area contributed by atoms with Crippen molar-refractivity contribution < 1.29 is 18.7 Å². The molecule has 0 fully saturated rings. The lowest BCUT2D eigenvalue weighted by Gasteiger charge is -2.21. The Morgan fingerprint density at radius 1 is 1.22 bits per heavy atom. The van der Waals surface area contributed by atoms with E-state index in [1.165, 1.54) is 24.3 Å². The molecule has 122 valence electrons. The number of ether oxygens (including phenoxy) is 1. The van der Waals surface area contributed by atoms with E-state index in [1.807, 2.05) is 0 Å². The molecule has 0 atom stereocenters. The molecular weight excluding hydrogens is 341 g/mol. The zero-order chi connectivity index (χ0) is 16.8. The lowest BCUT2D eigenvalue weighted by molar-refractivity contribution is -0.140. The van der Waals surface area contributed by atoms with Crippen molar-refractivity contribution in [2.45, 2.75) is 13.0 Å². The fraction of sp³-hybridized carbons (Fsp3) is 0.250. The van der Waals surface area contributed by atoms with Crippen LogP contribution in [0.4, 0.5) is 0 Å². The molecular formula is C16H15Cl2NO4. The summed E-state index contributed by atoms with van der Waals surface area (Å²) in [5.41, 5.74) is 0.385. The number of rotatable bonds is 6. The summed E-state index contributed by atoms with van der Waals surface area (Å²) in [5.74, 6) is -0.0523. The zero-order valence-electron chi connectivity index (χ0n) is 12.4. The molecule has 2 aromatic rings. The van der Waals surface area contributed by atoms with Crippen LogP contribution in [0.2, 0.25) is 10.0 Å². The summed E-state index contributed by atoms with van der Waals surface area (Å²) in [6.45, 7) is 0.440. The molecule has 0 bridgehead atoms. The van der Waals surface area contributed by atoms with Crippen molar-refractivity contribution in [3.63, 3.8) is 0 Å². The minimum absolute atomic E-state index is 0.0876. The van der Waals surface area contributed by atoms with Gasteiger partial charge in [0.25, 0.3) is 5.91 Å². The number of carbonyl (C=O) groups is 2. The molecule has 0 unspecified atom stereocenters. The van der Waals surface area contributed by atoms with Crippen molar-refractivity contribution in [3.05, 3.63) is 58.0 Å². The van der Waals surface area contributed by atoms with Crippen LogP contribution in [-0.2, 0) is 16.1 Å². The molecule has 0 saturated heterocycles. The number of hydrogen-bond acceptors (Lipinski definition) is 4. The van der Waals surface area contributed by atoms with Gasteiger partial charge in [-0.2, -0.15) is 0 Å². The quantitative estimate of drug-likeness (QED) is 0.739. The third-order valence-corrected chi connectivity index (χ3v) is 3.93. The second kappa shape index (κ2) is 8.04. The van der Waals surface area contributed by atoms with Gasteiger partial charge in [0.2, 0.25) is 0 Å². The molecule has 0 spiro atoms. The Labute approximate surface area is 143 Å². The van der Waals surface area contributed by atoms with Crippen LogP contribution in [0.1, 0.15) is 22.5 Å². The van der Waals surface area contributed by atoms with Gasteiger partial charge in [0.05, 0.1) is 36.4 Å². The molecule has 1 aromatic heterocycles. The van der Waals surface area contributed by atoms with E-state index in [4.69, 9.17) is 27.6 Å². The van der Waals surface area contributed by atoms with Crippen molar-refractivity contribution in [3.8, 4) is 0 Å². The number of hydrogen-bond donors (Lipinski definition) is 0.